The van der Waals surface area contributed by atoms with Crippen LogP contribution in [0.4, 0.5) is 0 Å². The molecule has 0 saturated heterocycles. The largest absolute Gasteiger partial charge is 0.468 e. The monoisotopic (exact) mass is 260 g/mol. The molecular formula is C14H16N2O3. The number of hydrogen-bond donors (Lipinski definition) is 1. The van der Waals surface area contributed by atoms with Gasteiger partial charge in [-0.25, -0.2) is 0 Å². The number of fused-ring (bicyclic) bond motifs is 1. The van der Waals surface area contributed by atoms with Crippen LogP contribution in [0.1, 0.15) is 17.3 Å². The SMILES string of the molecule is CCN(CC(=O)OC)C(=O)c1c[nH]c2ccccc12. The highest BCUT2D eigenvalue weighted by Crippen LogP contribution is 2.19. The van der Waals surface area contributed by atoms with Crippen molar-refractivity contribution in [3.05, 3.63) is 36.0 Å². The third kappa shape index (κ3) is 2.59. The van der Waals surface area contributed by atoms with Crippen LogP contribution in [0.2, 0.25) is 0 Å². The van der Waals surface area contributed by atoms with Gasteiger partial charge < -0.3 is 14.6 Å². The molecule has 100 valence electrons. The van der Waals surface area contributed by atoms with Crippen molar-refractivity contribution in [3.63, 3.8) is 0 Å². The molecule has 0 aliphatic rings. The fourth-order valence-electron chi connectivity index (χ4n) is 1.97. The van der Waals surface area contributed by atoms with Crippen molar-refractivity contribution in [1.82, 2.24) is 9.88 Å². The van der Waals surface area contributed by atoms with Crippen LogP contribution in [0.25, 0.3) is 10.9 Å². The third-order valence-electron chi connectivity index (χ3n) is 3.04. The molecule has 2 aromatic rings. The number of aromatic amines is 1. The van der Waals surface area contributed by atoms with Crippen molar-refractivity contribution in [1.29, 1.82) is 0 Å². The highest BCUT2D eigenvalue weighted by molar-refractivity contribution is 6.07. The molecular weight excluding hydrogens is 244 g/mol. The fourth-order valence-corrected chi connectivity index (χ4v) is 1.97. The Hall–Kier alpha value is -2.30. The summed E-state index contributed by atoms with van der Waals surface area (Å²) >= 11 is 0. The van der Waals surface area contributed by atoms with Crippen LogP contribution < -0.4 is 0 Å². The molecule has 0 atom stereocenters. The summed E-state index contributed by atoms with van der Waals surface area (Å²) < 4.78 is 4.60. The average Bonchev–Trinajstić information content (AvgIpc) is 2.87. The molecule has 0 aliphatic carbocycles. The number of ether oxygens (including phenoxy) is 1. The van der Waals surface area contributed by atoms with Crippen molar-refractivity contribution in [2.24, 2.45) is 0 Å². The van der Waals surface area contributed by atoms with Gasteiger partial charge in [0.15, 0.2) is 0 Å². The first-order valence-corrected chi connectivity index (χ1v) is 6.09. The van der Waals surface area contributed by atoms with E-state index in [4.69, 9.17) is 0 Å². The summed E-state index contributed by atoms with van der Waals surface area (Å²) in [6.45, 7) is 2.24. The van der Waals surface area contributed by atoms with Crippen LogP contribution in [0.5, 0.6) is 0 Å². The first-order chi connectivity index (χ1) is 9.17. The second kappa shape index (κ2) is 5.56. The van der Waals surface area contributed by atoms with Gasteiger partial charge >= 0.3 is 5.97 Å². The summed E-state index contributed by atoms with van der Waals surface area (Å²) in [5.74, 6) is -0.597. The lowest BCUT2D eigenvalue weighted by molar-refractivity contribution is -0.141. The van der Waals surface area contributed by atoms with Gasteiger partial charge in [-0.3, -0.25) is 9.59 Å². The normalized spacial score (nSPS) is 10.4. The summed E-state index contributed by atoms with van der Waals surface area (Å²) in [6.07, 6.45) is 1.67. The van der Waals surface area contributed by atoms with E-state index >= 15 is 0 Å². The number of benzene rings is 1. The molecule has 5 heteroatoms. The third-order valence-corrected chi connectivity index (χ3v) is 3.04. The van der Waals surface area contributed by atoms with Crippen molar-refractivity contribution >= 4 is 22.8 Å². The number of nitrogens with one attached hydrogen (secondary N) is 1. The number of nitrogens with zero attached hydrogens (tertiary/aromatic N) is 1. The van der Waals surface area contributed by atoms with Gasteiger partial charge in [-0.2, -0.15) is 0 Å². The molecule has 1 aromatic heterocycles. The molecule has 0 unspecified atom stereocenters. The second-order valence-electron chi connectivity index (χ2n) is 4.14. The molecule has 0 fully saturated rings. The minimum absolute atomic E-state index is 0.0364. The Morgan fingerprint density at radius 2 is 2.05 bits per heavy atom. The average molecular weight is 260 g/mol. The molecule has 0 radical (unpaired) electrons. The van der Waals surface area contributed by atoms with E-state index in [-0.39, 0.29) is 12.5 Å². The number of H-pyrrole nitrogens is 1. The number of carbonyl (C=O) groups excluding carboxylic acids is 2. The van der Waals surface area contributed by atoms with Gasteiger partial charge in [0.2, 0.25) is 0 Å². The number of para-hydroxylation sites is 1. The second-order valence-corrected chi connectivity index (χ2v) is 4.14. The van der Waals surface area contributed by atoms with Crippen LogP contribution in [-0.4, -0.2) is 42.0 Å². The fraction of sp³-hybridized carbons (Fsp3) is 0.286. The summed E-state index contributed by atoms with van der Waals surface area (Å²) in [5, 5.41) is 0.857. The molecule has 19 heavy (non-hydrogen) atoms. The molecule has 0 saturated carbocycles. The first-order valence-electron chi connectivity index (χ1n) is 6.09. The molecule has 1 aromatic carbocycles. The van der Waals surface area contributed by atoms with Gasteiger partial charge in [-0.1, -0.05) is 18.2 Å². The molecule has 1 N–H and O–H groups in total. The first kappa shape index (κ1) is 13.1. The summed E-state index contributed by atoms with van der Waals surface area (Å²) in [6, 6.07) is 7.57. The summed E-state index contributed by atoms with van der Waals surface area (Å²) in [7, 11) is 1.31. The van der Waals surface area contributed by atoms with E-state index in [2.05, 4.69) is 9.72 Å². The summed E-state index contributed by atoms with van der Waals surface area (Å²) in [4.78, 5) is 28.2. The van der Waals surface area contributed by atoms with Crippen molar-refractivity contribution in [3.8, 4) is 0 Å². The minimum atomic E-state index is -0.421. The summed E-state index contributed by atoms with van der Waals surface area (Å²) in [5.41, 5.74) is 1.47. The highest BCUT2D eigenvalue weighted by atomic mass is 16.5. The van der Waals surface area contributed by atoms with Crippen LogP contribution in [-0.2, 0) is 9.53 Å². The number of methoxy groups -OCH3 is 1. The molecule has 0 aliphatic heterocycles. The predicted octanol–water partition coefficient (Wildman–Crippen LogP) is 1.80. The molecule has 0 spiro atoms. The standard InChI is InChI=1S/C14H16N2O3/c1-3-16(9-13(17)19-2)14(18)11-8-15-12-7-5-4-6-10(11)12/h4-8,15H,3,9H2,1-2H3. The maximum absolute atomic E-state index is 12.4. The number of aromatic nitrogens is 1. The lowest BCUT2D eigenvalue weighted by atomic mass is 10.1. The predicted molar refractivity (Wildman–Crippen MR) is 71.9 cm³/mol. The zero-order chi connectivity index (χ0) is 13.8. The Morgan fingerprint density at radius 3 is 2.74 bits per heavy atom. The van der Waals surface area contributed by atoms with E-state index < -0.39 is 5.97 Å². The minimum Gasteiger partial charge on any atom is -0.468 e. The number of likely N-dealkylation sites (N-methyl/N-ethyl adjacent to an activating group) is 1. The topological polar surface area (TPSA) is 62.4 Å². The molecule has 5 nitrogen and oxygen atoms in total. The van der Waals surface area contributed by atoms with E-state index in [1.165, 1.54) is 12.0 Å². The number of rotatable bonds is 4. The lowest BCUT2D eigenvalue weighted by Crippen LogP contribution is -2.35. The Balaban J connectivity index is 2.29. The van der Waals surface area contributed by atoms with Gasteiger partial charge in [-0.05, 0) is 13.0 Å². The zero-order valence-corrected chi connectivity index (χ0v) is 11.0. The van der Waals surface area contributed by atoms with Crippen LogP contribution >= 0.6 is 0 Å². The van der Waals surface area contributed by atoms with Gasteiger partial charge in [0, 0.05) is 23.6 Å². The van der Waals surface area contributed by atoms with Gasteiger partial charge in [-0.15, -0.1) is 0 Å². The maximum atomic E-state index is 12.4. The van der Waals surface area contributed by atoms with Gasteiger partial charge in [0.25, 0.3) is 5.91 Å². The van der Waals surface area contributed by atoms with Crippen molar-refractivity contribution in [2.75, 3.05) is 20.2 Å². The van der Waals surface area contributed by atoms with Crippen LogP contribution in [0.15, 0.2) is 30.5 Å². The molecule has 2 rings (SSSR count). The number of esters is 1. The number of hydrogen-bond acceptors (Lipinski definition) is 3. The van der Waals surface area contributed by atoms with Crippen molar-refractivity contribution < 1.29 is 14.3 Å². The van der Waals surface area contributed by atoms with Crippen LogP contribution in [0, 0.1) is 0 Å². The van der Waals surface area contributed by atoms with E-state index in [1.807, 2.05) is 31.2 Å². The Labute approximate surface area is 111 Å². The van der Waals surface area contributed by atoms with Crippen LogP contribution in [0.3, 0.4) is 0 Å². The quantitative estimate of drug-likeness (QED) is 0.853. The van der Waals surface area contributed by atoms with Crippen molar-refractivity contribution in [2.45, 2.75) is 6.92 Å². The number of carbonyl (C=O) groups is 2. The van der Waals surface area contributed by atoms with E-state index in [1.54, 1.807) is 6.20 Å². The van der Waals surface area contributed by atoms with E-state index in [0.717, 1.165) is 10.9 Å². The Bertz CT molecular complexity index is 604. The molecule has 1 amide bonds. The maximum Gasteiger partial charge on any atom is 0.325 e. The Kier molecular flexibility index (Phi) is 3.85. The molecule has 1 heterocycles. The number of amides is 1. The van der Waals surface area contributed by atoms with Gasteiger partial charge in [0.1, 0.15) is 6.54 Å². The zero-order valence-electron chi connectivity index (χ0n) is 11.0. The van der Waals surface area contributed by atoms with E-state index in [9.17, 15) is 9.59 Å². The lowest BCUT2D eigenvalue weighted by Gasteiger charge is -2.18. The van der Waals surface area contributed by atoms with Gasteiger partial charge in [0.05, 0.1) is 12.7 Å². The smallest absolute Gasteiger partial charge is 0.325 e. The molecule has 0 bridgehead atoms. The Morgan fingerprint density at radius 1 is 1.32 bits per heavy atom. The van der Waals surface area contributed by atoms with E-state index in [0.29, 0.717) is 12.1 Å². The highest BCUT2D eigenvalue weighted by Gasteiger charge is 2.20.